The van der Waals surface area contributed by atoms with Gasteiger partial charge >= 0.3 is 12.3 Å². The number of carbonyl (C=O) groups excluding carboxylic acids is 1. The van der Waals surface area contributed by atoms with Crippen molar-refractivity contribution in [3.63, 3.8) is 0 Å². The van der Waals surface area contributed by atoms with E-state index in [9.17, 15) is 22.4 Å². The Morgan fingerprint density at radius 3 is 2.20 bits per heavy atom. The Labute approximate surface area is 116 Å². The minimum atomic E-state index is -4.57. The smallest absolute Gasteiger partial charge is 0.337 e. The highest BCUT2D eigenvalue weighted by molar-refractivity contribution is 5.84. The van der Waals surface area contributed by atoms with Crippen molar-refractivity contribution >= 4 is 5.91 Å². The summed E-state index contributed by atoms with van der Waals surface area (Å²) in [4.78, 5) is 14.4. The number of carbonyl (C=O) groups is 1. The van der Waals surface area contributed by atoms with Crippen LogP contribution in [0.15, 0.2) is 0 Å². The molecule has 0 aliphatic carbocycles. The third kappa shape index (κ3) is 4.07. The number of amides is 1. The minimum absolute atomic E-state index is 0.123. The first-order valence-electron chi connectivity index (χ1n) is 6.81. The number of halogens is 4. The first-order valence-corrected chi connectivity index (χ1v) is 6.81. The van der Waals surface area contributed by atoms with Crippen LogP contribution in [-0.2, 0) is 4.79 Å². The molecule has 0 atom stereocenters. The van der Waals surface area contributed by atoms with Gasteiger partial charge in [-0.3, -0.25) is 4.79 Å². The van der Waals surface area contributed by atoms with Crippen molar-refractivity contribution in [1.82, 2.24) is 9.80 Å². The van der Waals surface area contributed by atoms with Crippen LogP contribution >= 0.6 is 0 Å². The maximum absolute atomic E-state index is 13.0. The molecule has 0 aromatic rings. The van der Waals surface area contributed by atoms with Crippen LogP contribution in [0.5, 0.6) is 0 Å². The molecule has 3 nitrogen and oxygen atoms in total. The summed E-state index contributed by atoms with van der Waals surface area (Å²) in [7, 11) is 1.98. The number of rotatable bonds is 5. The minimum Gasteiger partial charge on any atom is -0.337 e. The molecular weight excluding hydrogens is 276 g/mol. The van der Waals surface area contributed by atoms with Crippen LogP contribution in [0.25, 0.3) is 0 Å². The molecule has 0 spiro atoms. The molecule has 1 saturated heterocycles. The van der Waals surface area contributed by atoms with E-state index in [2.05, 4.69) is 18.7 Å². The fourth-order valence-electron chi connectivity index (χ4n) is 2.24. The van der Waals surface area contributed by atoms with E-state index in [1.165, 1.54) is 0 Å². The topological polar surface area (TPSA) is 23.6 Å². The lowest BCUT2D eigenvalue weighted by Gasteiger charge is -2.36. The van der Waals surface area contributed by atoms with Crippen molar-refractivity contribution in [2.75, 3.05) is 26.7 Å². The molecule has 118 valence electrons. The number of hydrogen-bond donors (Lipinski definition) is 0. The predicted octanol–water partition coefficient (Wildman–Crippen LogP) is 2.47. The zero-order valence-corrected chi connectivity index (χ0v) is 12.1. The maximum Gasteiger partial charge on any atom is 0.383 e. The summed E-state index contributed by atoms with van der Waals surface area (Å²) in [6.07, 6.45) is -2.80. The first-order chi connectivity index (χ1) is 9.16. The molecule has 1 rings (SSSR count). The molecule has 0 bridgehead atoms. The van der Waals surface area contributed by atoms with Gasteiger partial charge in [-0.2, -0.15) is 8.78 Å². The van der Waals surface area contributed by atoms with Crippen LogP contribution < -0.4 is 0 Å². The van der Waals surface area contributed by atoms with Crippen LogP contribution in [0.2, 0.25) is 0 Å². The Bertz CT molecular complexity index is 328. The van der Waals surface area contributed by atoms with E-state index in [0.717, 1.165) is 11.4 Å². The number of piperidine rings is 1. The van der Waals surface area contributed by atoms with Crippen molar-refractivity contribution in [2.24, 2.45) is 5.92 Å². The van der Waals surface area contributed by atoms with Crippen molar-refractivity contribution < 1.29 is 22.4 Å². The fraction of sp³-hybridized carbons (Fsp3) is 0.923. The van der Waals surface area contributed by atoms with E-state index >= 15 is 0 Å². The molecule has 1 aliphatic rings. The normalized spacial score (nSPS) is 18.4. The highest BCUT2D eigenvalue weighted by atomic mass is 19.3. The van der Waals surface area contributed by atoms with Gasteiger partial charge in [0.2, 0.25) is 0 Å². The summed E-state index contributed by atoms with van der Waals surface area (Å²) < 4.78 is 50.3. The summed E-state index contributed by atoms with van der Waals surface area (Å²) in [6.45, 7) is 5.18. The van der Waals surface area contributed by atoms with Gasteiger partial charge in [0.25, 0.3) is 5.91 Å². The summed E-state index contributed by atoms with van der Waals surface area (Å²) in [5, 5.41) is 0. The molecule has 0 unspecified atom stereocenters. The van der Waals surface area contributed by atoms with Crippen LogP contribution in [0.3, 0.4) is 0 Å². The molecule has 7 heteroatoms. The van der Waals surface area contributed by atoms with Gasteiger partial charge in [0.05, 0.1) is 0 Å². The lowest BCUT2D eigenvalue weighted by molar-refractivity contribution is -0.181. The zero-order valence-electron chi connectivity index (χ0n) is 12.1. The molecule has 20 heavy (non-hydrogen) atoms. The quantitative estimate of drug-likeness (QED) is 0.728. The lowest BCUT2D eigenvalue weighted by Crippen LogP contribution is -2.51. The number of hydrogen-bond acceptors (Lipinski definition) is 2. The Balaban J connectivity index is 2.48. The van der Waals surface area contributed by atoms with Crippen molar-refractivity contribution in [3.05, 3.63) is 0 Å². The third-order valence-electron chi connectivity index (χ3n) is 3.89. The van der Waals surface area contributed by atoms with Crippen molar-refractivity contribution in [3.8, 4) is 0 Å². The fourth-order valence-corrected chi connectivity index (χ4v) is 2.24. The van der Waals surface area contributed by atoms with E-state index < -0.39 is 18.3 Å². The highest BCUT2D eigenvalue weighted by Crippen LogP contribution is 2.28. The Hall–Kier alpha value is -0.850. The molecule has 0 aromatic heterocycles. The van der Waals surface area contributed by atoms with Crippen LogP contribution in [0.1, 0.15) is 26.7 Å². The van der Waals surface area contributed by atoms with E-state index in [0.29, 0.717) is 24.8 Å². The van der Waals surface area contributed by atoms with Gasteiger partial charge in [-0.05, 0) is 39.7 Å². The molecule has 1 aliphatic heterocycles. The van der Waals surface area contributed by atoms with E-state index in [4.69, 9.17) is 0 Å². The molecule has 0 N–H and O–H groups in total. The highest BCUT2D eigenvalue weighted by Gasteiger charge is 2.51. The van der Waals surface area contributed by atoms with E-state index in [1.807, 2.05) is 7.05 Å². The SMILES string of the molecule is CC(C)N(C)CC1CCN(C(=O)C(F)(F)C(F)F)CC1. The summed E-state index contributed by atoms with van der Waals surface area (Å²) in [5.41, 5.74) is 0. The summed E-state index contributed by atoms with van der Waals surface area (Å²) >= 11 is 0. The van der Waals surface area contributed by atoms with Crippen LogP contribution in [0, 0.1) is 5.92 Å². The molecule has 1 fully saturated rings. The molecule has 1 heterocycles. The van der Waals surface area contributed by atoms with Gasteiger partial charge in [-0.15, -0.1) is 0 Å². The van der Waals surface area contributed by atoms with Crippen LogP contribution in [-0.4, -0.2) is 60.8 Å². The van der Waals surface area contributed by atoms with Gasteiger partial charge in [-0.25, -0.2) is 8.78 Å². The van der Waals surface area contributed by atoms with Gasteiger partial charge < -0.3 is 9.80 Å². The summed E-state index contributed by atoms with van der Waals surface area (Å²) in [5.74, 6) is -6.00. The van der Waals surface area contributed by atoms with E-state index in [1.54, 1.807) is 0 Å². The Morgan fingerprint density at radius 1 is 1.30 bits per heavy atom. The Morgan fingerprint density at radius 2 is 1.80 bits per heavy atom. The monoisotopic (exact) mass is 298 g/mol. The van der Waals surface area contributed by atoms with Gasteiger partial charge in [0.1, 0.15) is 0 Å². The van der Waals surface area contributed by atoms with Gasteiger partial charge in [-0.1, -0.05) is 0 Å². The second-order valence-electron chi connectivity index (χ2n) is 5.69. The van der Waals surface area contributed by atoms with Crippen molar-refractivity contribution in [2.45, 2.75) is 45.1 Å². The lowest BCUT2D eigenvalue weighted by atomic mass is 9.95. The predicted molar refractivity (Wildman–Crippen MR) is 68.0 cm³/mol. The second-order valence-corrected chi connectivity index (χ2v) is 5.69. The van der Waals surface area contributed by atoms with Crippen LogP contribution in [0.4, 0.5) is 17.6 Å². The van der Waals surface area contributed by atoms with E-state index in [-0.39, 0.29) is 13.1 Å². The maximum atomic E-state index is 13.0. The number of nitrogens with zero attached hydrogens (tertiary/aromatic N) is 2. The Kier molecular flexibility index (Phi) is 5.79. The second kappa shape index (κ2) is 6.74. The number of alkyl halides is 4. The first kappa shape index (κ1) is 17.2. The molecule has 1 amide bonds. The average Bonchev–Trinajstić information content (AvgIpc) is 2.38. The molecule has 0 aromatic carbocycles. The largest absolute Gasteiger partial charge is 0.383 e. The average molecular weight is 298 g/mol. The van der Waals surface area contributed by atoms with Gasteiger partial charge in [0.15, 0.2) is 0 Å². The standard InChI is InChI=1S/C13H22F4N2O/c1-9(2)18(3)8-10-4-6-19(7-5-10)12(20)13(16,17)11(14)15/h9-11H,4-8H2,1-3H3. The van der Waals surface area contributed by atoms with Crippen molar-refractivity contribution in [1.29, 1.82) is 0 Å². The molecular formula is C13H22F4N2O. The van der Waals surface area contributed by atoms with Gasteiger partial charge in [0, 0.05) is 25.7 Å². The third-order valence-corrected chi connectivity index (χ3v) is 3.89. The zero-order chi connectivity index (χ0) is 15.5. The molecule has 0 saturated carbocycles. The summed E-state index contributed by atoms with van der Waals surface area (Å²) in [6, 6.07) is 0.387. The molecule has 0 radical (unpaired) electrons. The number of likely N-dealkylation sites (tertiary alicyclic amines) is 1.